The molecule has 0 spiro atoms. The van der Waals surface area contributed by atoms with Crippen molar-refractivity contribution in [3.05, 3.63) is 53.0 Å². The summed E-state index contributed by atoms with van der Waals surface area (Å²) in [5, 5.41) is 12.7. The molecule has 5 rings (SSSR count). The van der Waals surface area contributed by atoms with Gasteiger partial charge in [0.1, 0.15) is 23.4 Å². The van der Waals surface area contributed by atoms with Crippen LogP contribution < -0.4 is 10.1 Å². The maximum Gasteiger partial charge on any atom is 0.325 e. The van der Waals surface area contributed by atoms with E-state index < -0.39 is 24.3 Å². The summed E-state index contributed by atoms with van der Waals surface area (Å²) in [4.78, 5) is 17.8. The Kier molecular flexibility index (Phi) is 13.5. The first-order valence-corrected chi connectivity index (χ1v) is 14.3. The Labute approximate surface area is 235 Å². The zero-order chi connectivity index (χ0) is 28.7. The van der Waals surface area contributed by atoms with Crippen LogP contribution in [0.2, 0.25) is 0 Å². The predicted molar refractivity (Wildman–Crippen MR) is 149 cm³/mol. The second-order valence-corrected chi connectivity index (χ2v) is 10.2. The number of aryl methyl sites for hydroxylation is 2. The molecule has 0 amide bonds. The van der Waals surface area contributed by atoms with Crippen molar-refractivity contribution < 1.29 is 32.5 Å². The number of pyridine rings is 1. The first-order valence-electron chi connectivity index (χ1n) is 14.3. The van der Waals surface area contributed by atoms with E-state index in [4.69, 9.17) is 9.47 Å². The summed E-state index contributed by atoms with van der Waals surface area (Å²) >= 11 is 0. The highest BCUT2D eigenvalue weighted by molar-refractivity contribution is 5.76. The maximum atomic E-state index is 13.3. The number of alkyl halides is 2. The first kappa shape index (κ1) is 31.7. The van der Waals surface area contributed by atoms with Gasteiger partial charge in [0.15, 0.2) is 0 Å². The van der Waals surface area contributed by atoms with E-state index in [-0.39, 0.29) is 6.42 Å². The van der Waals surface area contributed by atoms with Gasteiger partial charge >= 0.3 is 5.97 Å². The molecule has 0 aliphatic carbocycles. The van der Waals surface area contributed by atoms with Gasteiger partial charge in [-0.05, 0) is 101 Å². The number of nitrogens with one attached hydrogen (secondary N) is 1. The quantitative estimate of drug-likeness (QED) is 0.347. The number of fused-ring (bicyclic) bond motifs is 1. The highest BCUT2D eigenvalue weighted by atomic mass is 19.3. The lowest BCUT2D eigenvalue weighted by atomic mass is 10.0. The SMILES string of the molecule is C1CCOC1.COc1ccc(F)cc1C(C(=O)O)N1CCCC1.FC(F)CCCCc1ccc2c(n1)NCCC2. The minimum absolute atomic E-state index is 0.00317. The third-order valence-electron chi connectivity index (χ3n) is 7.11. The lowest BCUT2D eigenvalue weighted by molar-refractivity contribution is -0.143. The smallest absolute Gasteiger partial charge is 0.325 e. The number of carboxylic acids is 1. The van der Waals surface area contributed by atoms with E-state index in [1.54, 1.807) is 0 Å². The number of benzene rings is 1. The third kappa shape index (κ3) is 10.3. The molecular weight excluding hydrogens is 523 g/mol. The summed E-state index contributed by atoms with van der Waals surface area (Å²) < 4.78 is 47.3. The Hall–Kier alpha value is -2.85. The van der Waals surface area contributed by atoms with E-state index in [0.29, 0.717) is 17.7 Å². The van der Waals surface area contributed by atoms with E-state index >= 15 is 0 Å². The molecule has 222 valence electrons. The van der Waals surface area contributed by atoms with Gasteiger partial charge in [-0.3, -0.25) is 9.69 Å². The first-order chi connectivity index (χ1) is 19.4. The van der Waals surface area contributed by atoms with Gasteiger partial charge in [-0.25, -0.2) is 18.2 Å². The van der Waals surface area contributed by atoms with Crippen LogP contribution in [0.4, 0.5) is 19.0 Å². The number of methoxy groups -OCH3 is 1. The van der Waals surface area contributed by atoms with Crippen LogP contribution in [0.3, 0.4) is 0 Å². The zero-order valence-electron chi connectivity index (χ0n) is 23.3. The zero-order valence-corrected chi connectivity index (χ0v) is 23.3. The fourth-order valence-corrected chi connectivity index (χ4v) is 5.03. The van der Waals surface area contributed by atoms with Crippen molar-refractivity contribution in [2.24, 2.45) is 0 Å². The Morgan fingerprint density at radius 2 is 1.85 bits per heavy atom. The minimum Gasteiger partial charge on any atom is -0.496 e. The molecule has 2 fully saturated rings. The van der Waals surface area contributed by atoms with Crippen LogP contribution in [-0.4, -0.2) is 67.3 Å². The number of unbranched alkanes of at least 4 members (excludes halogenated alkanes) is 1. The van der Waals surface area contributed by atoms with Crippen LogP contribution in [0.5, 0.6) is 5.75 Å². The summed E-state index contributed by atoms with van der Waals surface area (Å²) in [5.41, 5.74) is 2.66. The van der Waals surface area contributed by atoms with Gasteiger partial charge in [0.05, 0.1) is 7.11 Å². The number of ether oxygens (including phenoxy) is 2. The molecule has 7 nitrogen and oxygen atoms in total. The van der Waals surface area contributed by atoms with Crippen molar-refractivity contribution in [3.63, 3.8) is 0 Å². The average Bonchev–Trinajstić information content (AvgIpc) is 3.69. The van der Waals surface area contributed by atoms with Crippen molar-refractivity contribution in [3.8, 4) is 5.75 Å². The lowest BCUT2D eigenvalue weighted by Crippen LogP contribution is -2.32. The molecule has 1 aromatic heterocycles. The molecule has 2 saturated heterocycles. The summed E-state index contributed by atoms with van der Waals surface area (Å²) in [5.74, 6) is -0.0182. The molecule has 0 saturated carbocycles. The number of carboxylic acid groups (broad SMARTS) is 1. The van der Waals surface area contributed by atoms with Crippen LogP contribution in [-0.2, 0) is 22.4 Å². The molecule has 1 unspecified atom stereocenters. The maximum absolute atomic E-state index is 13.3. The molecule has 0 bridgehead atoms. The molecule has 2 aromatic rings. The molecule has 3 aliphatic rings. The Morgan fingerprint density at radius 3 is 2.48 bits per heavy atom. The summed E-state index contributed by atoms with van der Waals surface area (Å²) in [6.07, 6.45) is 6.73. The number of hydrogen-bond acceptors (Lipinski definition) is 6. The predicted octanol–water partition coefficient (Wildman–Crippen LogP) is 6.27. The molecular formula is C30H42F3N3O4. The van der Waals surface area contributed by atoms with Crippen molar-refractivity contribution >= 4 is 11.8 Å². The van der Waals surface area contributed by atoms with Gasteiger partial charge in [0.25, 0.3) is 0 Å². The Balaban J connectivity index is 0.000000188. The van der Waals surface area contributed by atoms with Gasteiger partial charge in [-0.2, -0.15) is 0 Å². The number of aromatic nitrogens is 1. The monoisotopic (exact) mass is 565 g/mol. The molecule has 1 atom stereocenters. The third-order valence-corrected chi connectivity index (χ3v) is 7.11. The van der Waals surface area contributed by atoms with Crippen molar-refractivity contribution in [2.45, 2.75) is 76.7 Å². The van der Waals surface area contributed by atoms with Crippen molar-refractivity contribution in [1.29, 1.82) is 0 Å². The normalized spacial score (nSPS) is 17.1. The number of anilines is 1. The van der Waals surface area contributed by atoms with Crippen molar-refractivity contribution in [1.82, 2.24) is 9.88 Å². The molecule has 4 heterocycles. The van der Waals surface area contributed by atoms with Gasteiger partial charge in [0.2, 0.25) is 6.43 Å². The molecule has 0 radical (unpaired) electrons. The minimum atomic E-state index is -2.17. The van der Waals surface area contributed by atoms with E-state index in [2.05, 4.69) is 16.4 Å². The van der Waals surface area contributed by atoms with Crippen LogP contribution in [0, 0.1) is 5.82 Å². The highest BCUT2D eigenvalue weighted by Crippen LogP contribution is 2.32. The summed E-state index contributed by atoms with van der Waals surface area (Å²) in [6.45, 7) is 4.42. The van der Waals surface area contributed by atoms with E-state index in [1.807, 2.05) is 11.0 Å². The standard InChI is InChI=1S/C13H18F2N2.C13H16FNO3.C4H8O/c14-12(15)6-2-1-5-11-8-7-10-4-3-9-16-13(10)17-11;1-18-11-5-4-9(14)8-10(11)12(13(16)17)15-6-2-3-7-15;1-2-4-5-3-1/h7-8,12H,1-6,9H2,(H,16,17);4-5,8,12H,2-3,6-7H2,1H3,(H,16,17);1-4H2. The molecule has 10 heteroatoms. The van der Waals surface area contributed by atoms with Gasteiger partial charge < -0.3 is 19.9 Å². The van der Waals surface area contributed by atoms with E-state index in [9.17, 15) is 23.1 Å². The number of nitrogens with zero attached hydrogens (tertiary/aromatic N) is 2. The average molecular weight is 566 g/mol. The van der Waals surface area contributed by atoms with Crippen LogP contribution >= 0.6 is 0 Å². The Bertz CT molecular complexity index is 1040. The fraction of sp³-hybridized carbons (Fsp3) is 0.600. The number of likely N-dealkylation sites (tertiary alicyclic amines) is 1. The summed E-state index contributed by atoms with van der Waals surface area (Å²) in [7, 11) is 1.46. The molecule has 3 aliphatic heterocycles. The van der Waals surface area contributed by atoms with Gasteiger partial charge in [0, 0.05) is 37.4 Å². The fourth-order valence-electron chi connectivity index (χ4n) is 5.03. The van der Waals surface area contributed by atoms with E-state index in [0.717, 1.165) is 82.9 Å². The number of rotatable bonds is 9. The van der Waals surface area contributed by atoms with Crippen LogP contribution in [0.15, 0.2) is 30.3 Å². The lowest BCUT2D eigenvalue weighted by Gasteiger charge is -2.25. The van der Waals surface area contributed by atoms with Crippen molar-refractivity contribution in [2.75, 3.05) is 45.3 Å². The van der Waals surface area contributed by atoms with E-state index in [1.165, 1.54) is 43.7 Å². The topological polar surface area (TPSA) is 83.9 Å². The largest absolute Gasteiger partial charge is 0.496 e. The second kappa shape index (κ2) is 17.1. The molecule has 40 heavy (non-hydrogen) atoms. The second-order valence-electron chi connectivity index (χ2n) is 10.2. The molecule has 2 N–H and O–H groups in total. The number of halogens is 3. The number of carbonyl (C=O) groups is 1. The van der Waals surface area contributed by atoms with Crippen LogP contribution in [0.1, 0.15) is 74.2 Å². The molecule has 1 aromatic carbocycles. The highest BCUT2D eigenvalue weighted by Gasteiger charge is 2.32. The number of hydrogen-bond donors (Lipinski definition) is 2. The van der Waals surface area contributed by atoms with Gasteiger partial charge in [-0.1, -0.05) is 6.07 Å². The van der Waals surface area contributed by atoms with Crippen LogP contribution in [0.25, 0.3) is 0 Å². The van der Waals surface area contributed by atoms with Gasteiger partial charge in [-0.15, -0.1) is 0 Å². The number of aliphatic carboxylic acids is 1. The summed E-state index contributed by atoms with van der Waals surface area (Å²) in [6, 6.07) is 7.28. The Morgan fingerprint density at radius 1 is 1.10 bits per heavy atom.